The molecule has 0 amide bonds. The Kier molecular flexibility index (Phi) is 3.92. The van der Waals surface area contributed by atoms with Crippen LogP contribution < -0.4 is 5.73 Å². The number of phenols is 1. The van der Waals surface area contributed by atoms with Gasteiger partial charge in [0.15, 0.2) is 11.6 Å². The van der Waals surface area contributed by atoms with Gasteiger partial charge in [-0.05, 0) is 39.8 Å². The van der Waals surface area contributed by atoms with E-state index in [9.17, 15) is 9.50 Å². The summed E-state index contributed by atoms with van der Waals surface area (Å²) in [4.78, 5) is 0. The molecule has 1 unspecified atom stereocenters. The molecule has 1 fully saturated rings. The van der Waals surface area contributed by atoms with E-state index in [1.165, 1.54) is 6.07 Å². The van der Waals surface area contributed by atoms with Crippen molar-refractivity contribution in [3.8, 4) is 5.75 Å². The third-order valence-corrected chi connectivity index (χ3v) is 4.44. The molecule has 0 aromatic heterocycles. The summed E-state index contributed by atoms with van der Waals surface area (Å²) >= 11 is 3.18. The van der Waals surface area contributed by atoms with Crippen LogP contribution in [0, 0.1) is 5.82 Å². The fourth-order valence-electron chi connectivity index (χ4n) is 2.02. The molecule has 2 rings (SSSR count). The molecule has 1 aromatic carbocycles. The number of hydrogen-bond donors (Lipinski definition) is 2. The normalized spacial score (nSPS) is 22.1. The zero-order valence-electron chi connectivity index (χ0n) is 11.9. The van der Waals surface area contributed by atoms with Crippen molar-refractivity contribution in [3.05, 3.63) is 28.0 Å². The fraction of sp³-hybridized carbons (Fsp3) is 0.538. The molecule has 1 aromatic rings. The number of aromatic hydroxyl groups is 1. The predicted octanol–water partition coefficient (Wildman–Crippen LogP) is 2.93. The van der Waals surface area contributed by atoms with Crippen molar-refractivity contribution in [2.75, 3.05) is 0 Å². The van der Waals surface area contributed by atoms with E-state index in [1.807, 2.05) is 27.7 Å². The van der Waals surface area contributed by atoms with Gasteiger partial charge in [-0.3, -0.25) is 0 Å². The predicted molar refractivity (Wildman–Crippen MR) is 78.8 cm³/mol. The maximum absolute atomic E-state index is 13.6. The van der Waals surface area contributed by atoms with Crippen molar-refractivity contribution in [1.82, 2.24) is 0 Å². The minimum absolute atomic E-state index is 0.246. The lowest BCUT2D eigenvalue weighted by Crippen LogP contribution is -2.41. The van der Waals surface area contributed by atoms with Crippen LogP contribution in [0.1, 0.15) is 39.2 Å². The number of halogens is 2. The zero-order chi connectivity index (χ0) is 15.3. The molecule has 0 spiro atoms. The van der Waals surface area contributed by atoms with Crippen molar-refractivity contribution in [2.24, 2.45) is 5.73 Å². The number of hydrogen-bond acceptors (Lipinski definition) is 4. The zero-order valence-corrected chi connectivity index (χ0v) is 13.5. The van der Waals surface area contributed by atoms with Gasteiger partial charge in [0.05, 0.1) is 17.1 Å². The Balaban J connectivity index is 2.32. The van der Waals surface area contributed by atoms with Gasteiger partial charge in [-0.2, -0.15) is 0 Å². The maximum atomic E-state index is 13.6. The number of rotatable bonds is 2. The van der Waals surface area contributed by atoms with E-state index in [1.54, 1.807) is 6.07 Å². The summed E-state index contributed by atoms with van der Waals surface area (Å²) in [5.41, 5.74) is 5.26. The second kappa shape index (κ2) is 4.98. The molecular weight excluding hydrogens is 328 g/mol. The van der Waals surface area contributed by atoms with Crippen LogP contribution in [-0.4, -0.2) is 23.4 Å². The fourth-order valence-corrected chi connectivity index (χ4v) is 2.47. The molecule has 0 aliphatic carbocycles. The van der Waals surface area contributed by atoms with Crippen LogP contribution in [0.4, 0.5) is 4.39 Å². The van der Waals surface area contributed by atoms with Crippen LogP contribution in [-0.2, 0) is 9.31 Å². The number of phenolic OH excluding ortho intramolecular Hbond substituents is 1. The molecule has 0 bridgehead atoms. The van der Waals surface area contributed by atoms with Crippen molar-refractivity contribution >= 4 is 23.0 Å². The summed E-state index contributed by atoms with van der Waals surface area (Å²) in [5, 5.41) is 9.83. The molecule has 0 saturated carbocycles. The standard InChI is InChI=1S/C13H18BBrFNO3/c1-12(2)13(3,4)20-14(19-12)11(17)8-5-7(15)6-9(16)10(8)18/h5-6,11,18H,17H2,1-4H3. The van der Waals surface area contributed by atoms with Crippen molar-refractivity contribution in [1.29, 1.82) is 0 Å². The first kappa shape index (κ1) is 15.8. The van der Waals surface area contributed by atoms with Gasteiger partial charge in [-0.1, -0.05) is 15.9 Å². The first-order valence-electron chi connectivity index (χ1n) is 6.34. The van der Waals surface area contributed by atoms with Crippen LogP contribution in [0.5, 0.6) is 5.75 Å². The molecule has 4 nitrogen and oxygen atoms in total. The molecule has 1 aliphatic heterocycles. The average molecular weight is 346 g/mol. The largest absolute Gasteiger partial charge is 0.505 e. The van der Waals surface area contributed by atoms with Gasteiger partial charge in [0.2, 0.25) is 0 Å². The Morgan fingerprint density at radius 2 is 1.75 bits per heavy atom. The second-order valence-electron chi connectivity index (χ2n) is 5.98. The highest BCUT2D eigenvalue weighted by atomic mass is 79.9. The van der Waals surface area contributed by atoms with E-state index >= 15 is 0 Å². The minimum atomic E-state index is -0.789. The molecule has 3 N–H and O–H groups in total. The quantitative estimate of drug-likeness (QED) is 0.809. The van der Waals surface area contributed by atoms with E-state index in [-0.39, 0.29) is 5.56 Å². The van der Waals surface area contributed by atoms with Crippen molar-refractivity contribution < 1.29 is 18.8 Å². The highest BCUT2D eigenvalue weighted by Gasteiger charge is 2.53. The van der Waals surface area contributed by atoms with Crippen molar-refractivity contribution in [2.45, 2.75) is 44.8 Å². The van der Waals surface area contributed by atoms with Gasteiger partial charge in [0.1, 0.15) is 0 Å². The van der Waals surface area contributed by atoms with E-state index in [0.29, 0.717) is 4.47 Å². The second-order valence-corrected chi connectivity index (χ2v) is 6.89. The molecule has 7 heteroatoms. The van der Waals surface area contributed by atoms with Gasteiger partial charge < -0.3 is 20.1 Å². The lowest BCUT2D eigenvalue weighted by molar-refractivity contribution is 0.00578. The third-order valence-electron chi connectivity index (χ3n) is 3.98. The maximum Gasteiger partial charge on any atom is 0.480 e. The monoisotopic (exact) mass is 345 g/mol. The first-order valence-corrected chi connectivity index (χ1v) is 7.13. The van der Waals surface area contributed by atoms with Gasteiger partial charge in [-0.15, -0.1) is 0 Å². The summed E-state index contributed by atoms with van der Waals surface area (Å²) < 4.78 is 25.7. The first-order chi connectivity index (χ1) is 9.05. The number of nitrogens with two attached hydrogens (primary N) is 1. The molecule has 1 atom stereocenters. The van der Waals surface area contributed by atoms with Crippen LogP contribution >= 0.6 is 15.9 Å². The van der Waals surface area contributed by atoms with Gasteiger partial charge in [0, 0.05) is 10.0 Å². The Labute approximate surface area is 126 Å². The summed E-state index contributed by atoms with van der Waals surface area (Å²) in [6.45, 7) is 7.62. The molecule has 20 heavy (non-hydrogen) atoms. The Morgan fingerprint density at radius 1 is 1.25 bits per heavy atom. The van der Waals surface area contributed by atoms with Crippen LogP contribution in [0.25, 0.3) is 0 Å². The Morgan fingerprint density at radius 3 is 2.25 bits per heavy atom. The van der Waals surface area contributed by atoms with E-state index in [4.69, 9.17) is 15.0 Å². The third kappa shape index (κ3) is 2.59. The highest BCUT2D eigenvalue weighted by Crippen LogP contribution is 2.41. The average Bonchev–Trinajstić information content (AvgIpc) is 2.52. The summed E-state index contributed by atoms with van der Waals surface area (Å²) in [6, 6.07) is 2.74. The molecule has 1 saturated heterocycles. The summed E-state index contributed by atoms with van der Waals surface area (Å²) in [6.07, 6.45) is 0. The summed E-state index contributed by atoms with van der Waals surface area (Å²) in [5.74, 6) is -2.00. The molecule has 1 heterocycles. The Bertz CT molecular complexity index is 523. The molecule has 1 aliphatic rings. The lowest BCUT2D eigenvalue weighted by Gasteiger charge is -2.32. The van der Waals surface area contributed by atoms with Crippen LogP contribution in [0.15, 0.2) is 16.6 Å². The molecule has 0 radical (unpaired) electrons. The van der Waals surface area contributed by atoms with E-state index in [0.717, 1.165) is 0 Å². The van der Waals surface area contributed by atoms with Crippen LogP contribution in [0.2, 0.25) is 0 Å². The van der Waals surface area contributed by atoms with Gasteiger partial charge >= 0.3 is 7.12 Å². The smallest absolute Gasteiger partial charge is 0.480 e. The number of benzene rings is 1. The van der Waals surface area contributed by atoms with E-state index in [2.05, 4.69) is 15.9 Å². The molecular formula is C13H18BBrFNO3. The van der Waals surface area contributed by atoms with Crippen LogP contribution in [0.3, 0.4) is 0 Å². The van der Waals surface area contributed by atoms with E-state index < -0.39 is 35.8 Å². The van der Waals surface area contributed by atoms with Gasteiger partial charge in [-0.25, -0.2) is 4.39 Å². The summed E-state index contributed by atoms with van der Waals surface area (Å²) in [7, 11) is -0.750. The SMILES string of the molecule is CC1(C)OB(C(N)c2cc(Br)cc(F)c2O)OC1(C)C. The highest BCUT2D eigenvalue weighted by molar-refractivity contribution is 9.10. The lowest BCUT2D eigenvalue weighted by atomic mass is 9.74. The Hall–Kier alpha value is -0.625. The van der Waals surface area contributed by atoms with Gasteiger partial charge in [0.25, 0.3) is 0 Å². The van der Waals surface area contributed by atoms with Crippen molar-refractivity contribution in [3.63, 3.8) is 0 Å². The minimum Gasteiger partial charge on any atom is -0.505 e. The topological polar surface area (TPSA) is 64.7 Å². The molecule has 110 valence electrons.